The molecule has 1 atom stereocenters. The number of aromatic nitrogens is 1. The molecule has 0 bridgehead atoms. The highest BCUT2D eigenvalue weighted by atomic mass is 16.3. The highest BCUT2D eigenvalue weighted by molar-refractivity contribution is 5.49. The molecule has 1 aliphatic rings. The summed E-state index contributed by atoms with van der Waals surface area (Å²) in [6.45, 7) is 2.51. The maximum absolute atomic E-state index is 9.03. The molecule has 1 unspecified atom stereocenters. The molecular weight excluding hydrogens is 202 g/mol. The molecule has 0 radical (unpaired) electrons. The number of hydrogen-bond donors (Lipinski definition) is 3. The first kappa shape index (κ1) is 11.4. The molecule has 0 spiro atoms. The van der Waals surface area contributed by atoms with E-state index in [0.29, 0.717) is 6.54 Å². The van der Waals surface area contributed by atoms with Gasteiger partial charge in [-0.1, -0.05) is 0 Å². The first-order valence-electron chi connectivity index (χ1n) is 5.83. The molecule has 4 N–H and O–H groups in total. The Balaban J connectivity index is 2.28. The number of hydrogen-bond acceptors (Lipinski definition) is 4. The third-order valence-electron chi connectivity index (χ3n) is 3.01. The van der Waals surface area contributed by atoms with Crippen molar-refractivity contribution in [2.45, 2.75) is 38.8 Å². The second kappa shape index (κ2) is 4.80. The van der Waals surface area contributed by atoms with Crippen LogP contribution in [0.1, 0.15) is 30.2 Å². The molecule has 0 saturated heterocycles. The predicted molar refractivity (Wildman–Crippen MR) is 64.3 cm³/mol. The van der Waals surface area contributed by atoms with Crippen molar-refractivity contribution in [2.24, 2.45) is 5.73 Å². The van der Waals surface area contributed by atoms with Gasteiger partial charge in [0.2, 0.25) is 0 Å². The Morgan fingerprint density at radius 1 is 1.56 bits per heavy atom. The minimum absolute atomic E-state index is 0.0113. The molecular formula is C12H19N3O. The van der Waals surface area contributed by atoms with Crippen molar-refractivity contribution < 1.29 is 5.11 Å². The molecule has 88 valence electrons. The summed E-state index contributed by atoms with van der Waals surface area (Å²) in [5.41, 5.74) is 9.28. The lowest BCUT2D eigenvalue weighted by Crippen LogP contribution is -2.22. The van der Waals surface area contributed by atoms with Crippen molar-refractivity contribution in [3.8, 4) is 0 Å². The van der Waals surface area contributed by atoms with Crippen LogP contribution in [0, 0.1) is 0 Å². The van der Waals surface area contributed by atoms with Crippen molar-refractivity contribution in [3.63, 3.8) is 0 Å². The summed E-state index contributed by atoms with van der Waals surface area (Å²) in [5.74, 6) is 0.838. The minimum atomic E-state index is 0.0113. The standard InChI is InChI=1S/C12H19N3O/c1-8(7-16)14-12-10(6-13)5-9-3-2-4-11(9)15-12/h5,8,16H,2-4,6-7,13H2,1H3,(H,14,15). The molecule has 4 heteroatoms. The number of aryl methyl sites for hydroxylation is 2. The zero-order valence-electron chi connectivity index (χ0n) is 9.66. The summed E-state index contributed by atoms with van der Waals surface area (Å²) in [5, 5.41) is 12.2. The van der Waals surface area contributed by atoms with E-state index in [9.17, 15) is 0 Å². The van der Waals surface area contributed by atoms with Gasteiger partial charge >= 0.3 is 0 Å². The summed E-state index contributed by atoms with van der Waals surface area (Å²) >= 11 is 0. The van der Waals surface area contributed by atoms with Crippen LogP contribution in [0.3, 0.4) is 0 Å². The normalized spacial score (nSPS) is 15.9. The van der Waals surface area contributed by atoms with Crippen molar-refractivity contribution >= 4 is 5.82 Å². The van der Waals surface area contributed by atoms with E-state index in [0.717, 1.165) is 24.2 Å². The first-order chi connectivity index (χ1) is 7.74. The smallest absolute Gasteiger partial charge is 0.131 e. The van der Waals surface area contributed by atoms with Gasteiger partial charge in [-0.05, 0) is 37.8 Å². The molecule has 0 aromatic carbocycles. The predicted octanol–water partition coefficient (Wildman–Crippen LogP) is 0.822. The fraction of sp³-hybridized carbons (Fsp3) is 0.583. The number of nitrogens with one attached hydrogen (secondary N) is 1. The third kappa shape index (κ3) is 2.18. The summed E-state index contributed by atoms with van der Waals surface area (Å²) in [6, 6.07) is 2.17. The van der Waals surface area contributed by atoms with Gasteiger partial charge in [-0.25, -0.2) is 4.98 Å². The number of nitrogens with zero attached hydrogens (tertiary/aromatic N) is 1. The van der Waals surface area contributed by atoms with Crippen LogP contribution in [-0.4, -0.2) is 22.7 Å². The average Bonchev–Trinajstić information content (AvgIpc) is 2.74. The van der Waals surface area contributed by atoms with E-state index in [1.165, 1.54) is 17.7 Å². The second-order valence-corrected chi connectivity index (χ2v) is 4.39. The quantitative estimate of drug-likeness (QED) is 0.704. The van der Waals surface area contributed by atoms with E-state index in [1.54, 1.807) is 0 Å². The number of nitrogens with two attached hydrogens (primary N) is 1. The van der Waals surface area contributed by atoms with Crippen LogP contribution in [0.5, 0.6) is 0 Å². The van der Waals surface area contributed by atoms with Crippen LogP contribution in [0.15, 0.2) is 6.07 Å². The van der Waals surface area contributed by atoms with Crippen LogP contribution in [-0.2, 0) is 19.4 Å². The van der Waals surface area contributed by atoms with Crippen LogP contribution >= 0.6 is 0 Å². The Morgan fingerprint density at radius 2 is 2.38 bits per heavy atom. The van der Waals surface area contributed by atoms with Crippen molar-refractivity contribution in [2.75, 3.05) is 11.9 Å². The second-order valence-electron chi connectivity index (χ2n) is 4.39. The Hall–Kier alpha value is -1.13. The van der Waals surface area contributed by atoms with Gasteiger partial charge in [0.15, 0.2) is 0 Å². The molecule has 1 aliphatic carbocycles. The monoisotopic (exact) mass is 221 g/mol. The van der Waals surface area contributed by atoms with E-state index in [1.807, 2.05) is 6.92 Å². The number of aliphatic hydroxyl groups excluding tert-OH is 1. The lowest BCUT2D eigenvalue weighted by atomic mass is 10.1. The molecule has 1 heterocycles. The third-order valence-corrected chi connectivity index (χ3v) is 3.01. The molecule has 1 aromatic rings. The van der Waals surface area contributed by atoms with Crippen molar-refractivity contribution in [1.82, 2.24) is 4.98 Å². The van der Waals surface area contributed by atoms with E-state index in [-0.39, 0.29) is 12.6 Å². The molecule has 0 amide bonds. The number of anilines is 1. The lowest BCUT2D eigenvalue weighted by molar-refractivity contribution is 0.281. The molecule has 0 fully saturated rings. The number of aliphatic hydroxyl groups is 1. The SMILES string of the molecule is CC(CO)Nc1nc2c(cc1CN)CCC2. The molecule has 4 nitrogen and oxygen atoms in total. The fourth-order valence-electron chi connectivity index (χ4n) is 2.08. The Labute approximate surface area is 95.9 Å². The largest absolute Gasteiger partial charge is 0.394 e. The van der Waals surface area contributed by atoms with Gasteiger partial charge in [-0.2, -0.15) is 0 Å². The summed E-state index contributed by atoms with van der Waals surface area (Å²) < 4.78 is 0. The Kier molecular flexibility index (Phi) is 3.41. The minimum Gasteiger partial charge on any atom is -0.394 e. The topological polar surface area (TPSA) is 71.2 Å². The van der Waals surface area contributed by atoms with Gasteiger partial charge in [-0.3, -0.25) is 0 Å². The van der Waals surface area contributed by atoms with Crippen molar-refractivity contribution in [1.29, 1.82) is 0 Å². The van der Waals surface area contributed by atoms with Crippen molar-refractivity contribution in [3.05, 3.63) is 22.9 Å². The maximum Gasteiger partial charge on any atom is 0.131 e. The molecule has 16 heavy (non-hydrogen) atoms. The van der Waals surface area contributed by atoms with Crippen LogP contribution in [0.2, 0.25) is 0 Å². The zero-order chi connectivity index (χ0) is 11.5. The number of fused-ring (bicyclic) bond motifs is 1. The van der Waals surface area contributed by atoms with Gasteiger partial charge in [-0.15, -0.1) is 0 Å². The average molecular weight is 221 g/mol. The first-order valence-corrected chi connectivity index (χ1v) is 5.83. The van der Waals surface area contributed by atoms with E-state index < -0.39 is 0 Å². The van der Waals surface area contributed by atoms with Gasteiger partial charge in [0.1, 0.15) is 5.82 Å². The van der Waals surface area contributed by atoms with Gasteiger partial charge in [0, 0.05) is 23.8 Å². The highest BCUT2D eigenvalue weighted by Gasteiger charge is 2.16. The Bertz CT molecular complexity index is 379. The number of rotatable bonds is 4. The maximum atomic E-state index is 9.03. The molecule has 0 aliphatic heterocycles. The fourth-order valence-corrected chi connectivity index (χ4v) is 2.08. The van der Waals surface area contributed by atoms with E-state index >= 15 is 0 Å². The van der Waals surface area contributed by atoms with E-state index in [4.69, 9.17) is 10.8 Å². The van der Waals surface area contributed by atoms with Gasteiger partial charge in [0.25, 0.3) is 0 Å². The zero-order valence-corrected chi connectivity index (χ0v) is 9.66. The van der Waals surface area contributed by atoms with Crippen LogP contribution in [0.4, 0.5) is 5.82 Å². The van der Waals surface area contributed by atoms with E-state index in [2.05, 4.69) is 16.4 Å². The van der Waals surface area contributed by atoms with Gasteiger partial charge < -0.3 is 16.2 Å². The van der Waals surface area contributed by atoms with Crippen LogP contribution in [0.25, 0.3) is 0 Å². The molecule has 1 aromatic heterocycles. The lowest BCUT2D eigenvalue weighted by Gasteiger charge is -2.16. The summed E-state index contributed by atoms with van der Waals surface area (Å²) in [6.07, 6.45) is 3.36. The summed E-state index contributed by atoms with van der Waals surface area (Å²) in [7, 11) is 0. The van der Waals surface area contributed by atoms with Gasteiger partial charge in [0.05, 0.1) is 6.61 Å². The molecule has 2 rings (SSSR count). The summed E-state index contributed by atoms with van der Waals surface area (Å²) in [4.78, 5) is 4.61. The molecule has 0 saturated carbocycles. The Morgan fingerprint density at radius 3 is 3.06 bits per heavy atom. The van der Waals surface area contributed by atoms with Crippen LogP contribution < -0.4 is 11.1 Å². The highest BCUT2D eigenvalue weighted by Crippen LogP contribution is 2.25. The number of pyridine rings is 1.